The molecule has 0 aliphatic rings. The number of rotatable bonds is 6. The van der Waals surface area contributed by atoms with Crippen molar-refractivity contribution in [2.75, 3.05) is 12.0 Å². The summed E-state index contributed by atoms with van der Waals surface area (Å²) in [7, 11) is 2.94. The van der Waals surface area contributed by atoms with Gasteiger partial charge in [-0.05, 0) is 11.6 Å². The molecule has 0 bridgehead atoms. The summed E-state index contributed by atoms with van der Waals surface area (Å²) >= 11 is 3.48. The number of benzene rings is 1. The maximum atomic E-state index is 12.5. The molecule has 0 spiro atoms. The van der Waals surface area contributed by atoms with Crippen molar-refractivity contribution in [3.8, 4) is 0 Å². The van der Waals surface area contributed by atoms with Crippen molar-refractivity contribution in [1.29, 1.82) is 0 Å². The third kappa shape index (κ3) is 3.69. The van der Waals surface area contributed by atoms with Gasteiger partial charge < -0.3 is 9.67 Å². The number of nitrogens with one attached hydrogen (secondary N) is 1. The minimum absolute atomic E-state index is 0.130. The van der Waals surface area contributed by atoms with Crippen LogP contribution in [0.15, 0.2) is 51.1 Å². The second-order valence-electron chi connectivity index (χ2n) is 5.96. The van der Waals surface area contributed by atoms with Gasteiger partial charge in [0.25, 0.3) is 5.56 Å². The first kappa shape index (κ1) is 19.8. The van der Waals surface area contributed by atoms with Crippen LogP contribution in [0.3, 0.4) is 0 Å². The number of aliphatic hydroxyl groups excluding tert-OH is 1. The molecule has 0 radical (unpaired) electrons. The van der Waals surface area contributed by atoms with Crippen LogP contribution in [0.2, 0.25) is 0 Å². The number of aliphatic hydroxyl groups is 1. The molecule has 1 aromatic carbocycles. The maximum absolute atomic E-state index is 12.5. The van der Waals surface area contributed by atoms with E-state index in [9.17, 15) is 14.7 Å². The van der Waals surface area contributed by atoms with Gasteiger partial charge in [-0.2, -0.15) is 10.1 Å². The number of fused-ring (bicyclic) bond motifs is 1. The maximum Gasteiger partial charge on any atom is 0.332 e. The molecule has 0 saturated heterocycles. The fourth-order valence-corrected chi connectivity index (χ4v) is 3.12. The van der Waals surface area contributed by atoms with Crippen molar-refractivity contribution in [3.63, 3.8) is 0 Å². The molecule has 28 heavy (non-hydrogen) atoms. The zero-order chi connectivity index (χ0) is 20.3. The summed E-state index contributed by atoms with van der Waals surface area (Å²) in [6, 6.07) is 9.71. The fraction of sp³-hybridized carbons (Fsp3) is 0.222. The highest BCUT2D eigenvalue weighted by Gasteiger charge is 2.18. The van der Waals surface area contributed by atoms with Crippen LogP contribution in [0.5, 0.6) is 0 Å². The van der Waals surface area contributed by atoms with Gasteiger partial charge in [0.15, 0.2) is 11.2 Å². The number of aryl methyl sites for hydroxylation is 1. The van der Waals surface area contributed by atoms with Gasteiger partial charge >= 0.3 is 5.69 Å². The number of hydrazone groups is 1. The van der Waals surface area contributed by atoms with E-state index < -0.39 is 11.2 Å². The molecular weight excluding hydrogens is 428 g/mol. The Bertz CT molecular complexity index is 1170. The van der Waals surface area contributed by atoms with E-state index in [1.165, 1.54) is 29.4 Å². The van der Waals surface area contributed by atoms with Crippen molar-refractivity contribution >= 4 is 43.7 Å². The number of hydrogen-bond donors (Lipinski definition) is 2. The van der Waals surface area contributed by atoms with Crippen LogP contribution in [0.4, 0.5) is 5.95 Å². The Hall–Kier alpha value is -2.98. The van der Waals surface area contributed by atoms with Crippen molar-refractivity contribution in [2.24, 2.45) is 19.2 Å². The lowest BCUT2D eigenvalue weighted by atomic mass is 10.2. The largest absolute Gasteiger partial charge is 0.395 e. The van der Waals surface area contributed by atoms with Crippen LogP contribution >= 0.6 is 15.9 Å². The minimum atomic E-state index is -0.484. The van der Waals surface area contributed by atoms with E-state index in [2.05, 4.69) is 31.4 Å². The van der Waals surface area contributed by atoms with Crippen LogP contribution in [0.25, 0.3) is 15.6 Å². The summed E-state index contributed by atoms with van der Waals surface area (Å²) in [6.07, 6.45) is 3.30. The highest BCUT2D eigenvalue weighted by molar-refractivity contribution is 9.15. The van der Waals surface area contributed by atoms with Gasteiger partial charge in [0, 0.05) is 31.3 Å². The van der Waals surface area contributed by atoms with Gasteiger partial charge in [0.2, 0.25) is 5.95 Å². The minimum Gasteiger partial charge on any atom is -0.395 e. The van der Waals surface area contributed by atoms with E-state index in [-0.39, 0.29) is 30.3 Å². The number of allylic oxidation sites excluding steroid dienone is 1. The molecule has 0 aliphatic carbocycles. The average Bonchev–Trinajstić information content (AvgIpc) is 3.07. The van der Waals surface area contributed by atoms with Crippen molar-refractivity contribution in [3.05, 3.63) is 62.8 Å². The van der Waals surface area contributed by atoms with Gasteiger partial charge in [-0.1, -0.05) is 46.3 Å². The van der Waals surface area contributed by atoms with E-state index >= 15 is 0 Å². The number of aromatic nitrogens is 4. The zero-order valence-electron chi connectivity index (χ0n) is 15.3. The summed E-state index contributed by atoms with van der Waals surface area (Å²) in [6.45, 7) is -0.0688. The molecule has 0 amide bonds. The first-order valence-corrected chi connectivity index (χ1v) is 9.22. The Morgan fingerprint density at radius 3 is 2.64 bits per heavy atom. The highest BCUT2D eigenvalue weighted by Crippen LogP contribution is 2.19. The fourth-order valence-electron chi connectivity index (χ4n) is 2.74. The topological polar surface area (TPSA) is 106 Å². The van der Waals surface area contributed by atoms with Gasteiger partial charge in [-0.15, -0.1) is 0 Å². The molecule has 0 aliphatic heterocycles. The second-order valence-corrected chi connectivity index (χ2v) is 6.81. The molecule has 0 fully saturated rings. The Labute approximate surface area is 168 Å². The van der Waals surface area contributed by atoms with Crippen molar-refractivity contribution < 1.29 is 5.11 Å². The molecule has 0 unspecified atom stereocenters. The van der Waals surface area contributed by atoms with Gasteiger partial charge in [0.05, 0.1) is 6.61 Å². The Morgan fingerprint density at radius 1 is 1.25 bits per heavy atom. The van der Waals surface area contributed by atoms with Gasteiger partial charge in [-0.3, -0.25) is 13.9 Å². The van der Waals surface area contributed by atoms with E-state index in [1.54, 1.807) is 6.08 Å². The first-order valence-electron chi connectivity index (χ1n) is 8.43. The van der Waals surface area contributed by atoms with Crippen LogP contribution in [-0.2, 0) is 20.6 Å². The second kappa shape index (κ2) is 8.36. The third-order valence-corrected chi connectivity index (χ3v) is 4.90. The number of anilines is 1. The summed E-state index contributed by atoms with van der Waals surface area (Å²) in [4.78, 5) is 28.9. The average molecular weight is 447 g/mol. The number of halogens is 1. The van der Waals surface area contributed by atoms with Crippen molar-refractivity contribution in [2.45, 2.75) is 6.54 Å². The van der Waals surface area contributed by atoms with E-state index in [4.69, 9.17) is 0 Å². The predicted molar refractivity (Wildman–Crippen MR) is 113 cm³/mol. The molecule has 2 N–H and O–H groups in total. The third-order valence-electron chi connectivity index (χ3n) is 4.18. The van der Waals surface area contributed by atoms with E-state index in [1.807, 2.05) is 30.3 Å². The molecule has 146 valence electrons. The van der Waals surface area contributed by atoms with Gasteiger partial charge in [-0.25, -0.2) is 10.2 Å². The molecule has 2 heterocycles. The molecular formula is C18H19BrN6O3. The van der Waals surface area contributed by atoms with E-state index in [0.29, 0.717) is 0 Å². The predicted octanol–water partition coefficient (Wildman–Crippen LogP) is 1.26. The molecule has 9 nitrogen and oxygen atoms in total. The van der Waals surface area contributed by atoms with Crippen LogP contribution in [0, 0.1) is 0 Å². The number of imidazole rings is 1. The lowest BCUT2D eigenvalue weighted by molar-refractivity contribution is 0.278. The summed E-state index contributed by atoms with van der Waals surface area (Å²) in [5.74, 6) is 0.253. The SMILES string of the molecule is Cn1c(=O)c2c(nc(N/N=C/C=C(/Br)c3ccccc3)n2CCO)n(C)c1=O. The van der Waals surface area contributed by atoms with Crippen LogP contribution in [-0.4, -0.2) is 36.6 Å². The highest BCUT2D eigenvalue weighted by atomic mass is 79.9. The Balaban J connectivity index is 1.96. The van der Waals surface area contributed by atoms with Crippen LogP contribution in [0.1, 0.15) is 5.56 Å². The quantitative estimate of drug-likeness (QED) is 0.437. The first-order chi connectivity index (χ1) is 13.5. The molecule has 0 atom stereocenters. The standard InChI is InChI=1S/C18H19BrN6O3/c1-23-15-14(16(27)24(2)18(23)28)25(10-11-26)17(21-15)22-20-9-8-13(19)12-6-4-3-5-7-12/h3-9,26H,10-11H2,1-2H3,(H,21,22)/b13-8+,20-9+. The Morgan fingerprint density at radius 2 is 1.96 bits per heavy atom. The number of nitrogens with zero attached hydrogens (tertiary/aromatic N) is 5. The molecule has 3 aromatic rings. The number of hydrogen-bond acceptors (Lipinski definition) is 6. The monoisotopic (exact) mass is 446 g/mol. The summed E-state index contributed by atoms with van der Waals surface area (Å²) in [5, 5.41) is 13.5. The normalized spacial score (nSPS) is 12.2. The molecule has 0 saturated carbocycles. The van der Waals surface area contributed by atoms with Gasteiger partial charge in [0.1, 0.15) is 0 Å². The summed E-state index contributed by atoms with van der Waals surface area (Å²) in [5.41, 5.74) is 3.25. The Kier molecular flexibility index (Phi) is 5.90. The lowest BCUT2D eigenvalue weighted by Crippen LogP contribution is -2.37. The summed E-state index contributed by atoms with van der Waals surface area (Å²) < 4.78 is 4.64. The molecule has 3 rings (SSSR count). The van der Waals surface area contributed by atoms with Crippen LogP contribution < -0.4 is 16.7 Å². The lowest BCUT2D eigenvalue weighted by Gasteiger charge is -2.07. The molecule has 2 aromatic heterocycles. The van der Waals surface area contributed by atoms with Crippen molar-refractivity contribution in [1.82, 2.24) is 18.7 Å². The zero-order valence-corrected chi connectivity index (χ0v) is 16.9. The van der Waals surface area contributed by atoms with E-state index in [0.717, 1.165) is 14.6 Å². The molecule has 10 heteroatoms. The smallest absolute Gasteiger partial charge is 0.332 e.